The molecule has 2 aromatic rings. The van der Waals surface area contributed by atoms with Gasteiger partial charge in [-0.3, -0.25) is 9.79 Å². The second-order valence-corrected chi connectivity index (χ2v) is 7.83. The van der Waals surface area contributed by atoms with Crippen molar-refractivity contribution in [2.45, 2.75) is 32.7 Å². The Morgan fingerprint density at radius 1 is 1.07 bits per heavy atom. The second-order valence-electron chi connectivity index (χ2n) is 6.97. The van der Waals surface area contributed by atoms with Crippen LogP contribution in [0, 0.1) is 11.7 Å². The van der Waals surface area contributed by atoms with Crippen molar-refractivity contribution in [3.63, 3.8) is 0 Å². The molecule has 0 radical (unpaired) electrons. The van der Waals surface area contributed by atoms with Crippen molar-refractivity contribution in [3.05, 3.63) is 65.0 Å². The molecule has 1 amide bonds. The third-order valence-corrected chi connectivity index (χ3v) is 4.94. The summed E-state index contributed by atoms with van der Waals surface area (Å²) in [6.45, 7) is 4.89. The minimum atomic E-state index is -0.215. The van der Waals surface area contributed by atoms with Gasteiger partial charge in [0.2, 0.25) is 5.91 Å². The Bertz CT molecular complexity index is 837. The molecule has 0 aliphatic rings. The van der Waals surface area contributed by atoms with Crippen LogP contribution in [0.5, 0.6) is 0 Å². The number of carbonyl (C=O) groups is 1. The molecule has 0 saturated heterocycles. The fourth-order valence-corrected chi connectivity index (χ4v) is 3.21. The summed E-state index contributed by atoms with van der Waals surface area (Å²) >= 11 is 1.66. The van der Waals surface area contributed by atoms with Gasteiger partial charge in [-0.2, -0.15) is 11.8 Å². The number of carbonyl (C=O) groups excluding carboxylic acids is 1. The highest BCUT2D eigenvalue weighted by Gasteiger charge is 2.08. The minimum absolute atomic E-state index is 0.00196. The number of nitrogens with zero attached hydrogens (tertiary/aromatic N) is 1. The molecule has 0 aromatic heterocycles. The van der Waals surface area contributed by atoms with Crippen molar-refractivity contribution in [2.24, 2.45) is 10.9 Å². The van der Waals surface area contributed by atoms with Crippen molar-refractivity contribution in [1.29, 1.82) is 0 Å². The molecule has 0 fully saturated rings. The van der Waals surface area contributed by atoms with Gasteiger partial charge in [0.05, 0.1) is 0 Å². The highest BCUT2D eigenvalue weighted by atomic mass is 32.2. The number of aliphatic imine (C=N–C) groups is 1. The largest absolute Gasteiger partial charge is 0.352 e. The van der Waals surface area contributed by atoms with Crippen molar-refractivity contribution < 1.29 is 9.18 Å². The van der Waals surface area contributed by atoms with Crippen LogP contribution in [0.25, 0.3) is 0 Å². The number of guanidine groups is 1. The summed E-state index contributed by atoms with van der Waals surface area (Å²) in [5.74, 6) is 1.17. The van der Waals surface area contributed by atoms with Gasteiger partial charge in [0.25, 0.3) is 0 Å². The lowest BCUT2D eigenvalue weighted by Gasteiger charge is -2.14. The number of amides is 1. The lowest BCUT2D eigenvalue weighted by atomic mass is 10.1. The summed E-state index contributed by atoms with van der Waals surface area (Å²) < 4.78 is 13.5. The number of anilines is 1. The van der Waals surface area contributed by atoms with E-state index in [0.29, 0.717) is 19.0 Å². The fourth-order valence-electron chi connectivity index (χ4n) is 2.63. The zero-order valence-corrected chi connectivity index (χ0v) is 18.2. The SMILES string of the molecule is CN=C(NCc1ccc(NC(=O)C(C)C)cc1)NCc1ccc(F)cc1CSC. The molecular formula is C22H29FN4OS. The normalized spacial score (nSPS) is 11.4. The summed E-state index contributed by atoms with van der Waals surface area (Å²) in [6.07, 6.45) is 2.00. The number of nitrogens with one attached hydrogen (secondary N) is 3. The Hall–Kier alpha value is -2.54. The number of benzene rings is 2. The first-order valence-electron chi connectivity index (χ1n) is 9.53. The van der Waals surface area contributed by atoms with Crippen LogP contribution in [-0.4, -0.2) is 25.2 Å². The molecule has 0 aliphatic heterocycles. The lowest BCUT2D eigenvalue weighted by Crippen LogP contribution is -2.36. The van der Waals surface area contributed by atoms with E-state index in [1.54, 1.807) is 24.9 Å². The second kappa shape index (κ2) is 11.5. The number of hydrogen-bond donors (Lipinski definition) is 3. The van der Waals surface area contributed by atoms with E-state index < -0.39 is 0 Å². The van der Waals surface area contributed by atoms with Crippen molar-refractivity contribution in [1.82, 2.24) is 10.6 Å². The van der Waals surface area contributed by atoms with E-state index in [2.05, 4.69) is 20.9 Å². The van der Waals surface area contributed by atoms with Crippen LogP contribution in [-0.2, 0) is 23.6 Å². The van der Waals surface area contributed by atoms with Crippen LogP contribution in [0.4, 0.5) is 10.1 Å². The predicted molar refractivity (Wildman–Crippen MR) is 121 cm³/mol. The summed E-state index contributed by atoms with van der Waals surface area (Å²) in [7, 11) is 1.72. The van der Waals surface area contributed by atoms with E-state index in [9.17, 15) is 9.18 Å². The molecule has 29 heavy (non-hydrogen) atoms. The summed E-state index contributed by atoms with van der Waals surface area (Å²) in [6, 6.07) is 12.6. The minimum Gasteiger partial charge on any atom is -0.352 e. The quantitative estimate of drug-likeness (QED) is 0.447. The topological polar surface area (TPSA) is 65.5 Å². The summed E-state index contributed by atoms with van der Waals surface area (Å²) in [5.41, 5.74) is 3.89. The van der Waals surface area contributed by atoms with E-state index >= 15 is 0 Å². The zero-order chi connectivity index (χ0) is 21.2. The standard InChI is InChI=1S/C22H29FN4OS/c1-15(2)21(28)27-20-9-5-16(6-10-20)12-25-22(24-3)26-13-17-7-8-19(23)11-18(17)14-29-4/h5-11,15H,12-14H2,1-4H3,(H,27,28)(H2,24,25,26). The van der Waals surface area contributed by atoms with Crippen LogP contribution in [0.15, 0.2) is 47.5 Å². The first-order chi connectivity index (χ1) is 13.9. The summed E-state index contributed by atoms with van der Waals surface area (Å²) in [5, 5.41) is 9.42. The van der Waals surface area contributed by atoms with Crippen LogP contribution in [0.3, 0.4) is 0 Å². The Balaban J connectivity index is 1.89. The Morgan fingerprint density at radius 3 is 2.38 bits per heavy atom. The molecule has 0 saturated carbocycles. The fraction of sp³-hybridized carbons (Fsp3) is 0.364. The van der Waals surface area contributed by atoms with Gasteiger partial charge >= 0.3 is 0 Å². The van der Waals surface area contributed by atoms with Gasteiger partial charge in [-0.1, -0.05) is 32.0 Å². The molecule has 0 bridgehead atoms. The molecular weight excluding hydrogens is 387 g/mol. The maximum atomic E-state index is 13.5. The van der Waals surface area contributed by atoms with Crippen LogP contribution in [0.1, 0.15) is 30.5 Å². The third-order valence-electron chi connectivity index (χ3n) is 4.34. The number of rotatable bonds is 8. The number of thioether (sulfide) groups is 1. The number of hydrogen-bond acceptors (Lipinski definition) is 3. The van der Waals surface area contributed by atoms with E-state index in [-0.39, 0.29) is 17.6 Å². The highest BCUT2D eigenvalue weighted by molar-refractivity contribution is 7.97. The van der Waals surface area contributed by atoms with E-state index in [0.717, 1.165) is 28.1 Å². The van der Waals surface area contributed by atoms with Crippen LogP contribution in [0.2, 0.25) is 0 Å². The van der Waals surface area contributed by atoms with E-state index in [1.165, 1.54) is 6.07 Å². The first kappa shape index (κ1) is 22.7. The first-order valence-corrected chi connectivity index (χ1v) is 10.9. The van der Waals surface area contributed by atoms with Gasteiger partial charge in [0, 0.05) is 37.5 Å². The molecule has 0 aliphatic carbocycles. The third kappa shape index (κ3) is 7.42. The average Bonchev–Trinajstić information content (AvgIpc) is 2.70. The average molecular weight is 417 g/mol. The molecule has 7 heteroatoms. The van der Waals surface area contributed by atoms with Gasteiger partial charge in [-0.05, 0) is 47.2 Å². The van der Waals surface area contributed by atoms with Gasteiger partial charge in [-0.25, -0.2) is 4.39 Å². The Kier molecular flexibility index (Phi) is 8.99. The molecule has 0 unspecified atom stereocenters. The highest BCUT2D eigenvalue weighted by Crippen LogP contribution is 2.16. The Morgan fingerprint density at radius 2 is 1.76 bits per heavy atom. The molecule has 0 atom stereocenters. The van der Waals surface area contributed by atoms with Gasteiger partial charge in [0.1, 0.15) is 5.82 Å². The molecule has 0 spiro atoms. The zero-order valence-electron chi connectivity index (χ0n) is 17.4. The van der Waals surface area contributed by atoms with Crippen molar-refractivity contribution in [2.75, 3.05) is 18.6 Å². The van der Waals surface area contributed by atoms with E-state index in [1.807, 2.05) is 50.4 Å². The smallest absolute Gasteiger partial charge is 0.226 e. The van der Waals surface area contributed by atoms with Gasteiger partial charge in [0.15, 0.2) is 5.96 Å². The predicted octanol–water partition coefficient (Wildman–Crippen LogP) is 4.15. The number of halogens is 1. The Labute approximate surface area is 176 Å². The maximum Gasteiger partial charge on any atom is 0.226 e. The molecule has 156 valence electrons. The summed E-state index contributed by atoms with van der Waals surface area (Å²) in [4.78, 5) is 16.0. The monoisotopic (exact) mass is 416 g/mol. The van der Waals surface area contributed by atoms with Crippen molar-refractivity contribution in [3.8, 4) is 0 Å². The van der Waals surface area contributed by atoms with Crippen molar-refractivity contribution >= 4 is 29.3 Å². The molecule has 5 nitrogen and oxygen atoms in total. The van der Waals surface area contributed by atoms with Gasteiger partial charge < -0.3 is 16.0 Å². The molecule has 2 rings (SSSR count). The molecule has 2 aromatic carbocycles. The van der Waals surface area contributed by atoms with Gasteiger partial charge in [-0.15, -0.1) is 0 Å². The van der Waals surface area contributed by atoms with E-state index in [4.69, 9.17) is 0 Å². The maximum absolute atomic E-state index is 13.5. The van der Waals surface area contributed by atoms with Crippen LogP contribution >= 0.6 is 11.8 Å². The molecule has 0 heterocycles. The lowest BCUT2D eigenvalue weighted by molar-refractivity contribution is -0.118. The van der Waals surface area contributed by atoms with Crippen LogP contribution < -0.4 is 16.0 Å². The molecule has 3 N–H and O–H groups in total.